The lowest BCUT2D eigenvalue weighted by Crippen LogP contribution is -2.27. The Morgan fingerprint density at radius 2 is 2.07 bits per heavy atom. The zero-order chi connectivity index (χ0) is 21.1. The van der Waals surface area contributed by atoms with Gasteiger partial charge in [-0.3, -0.25) is 19.0 Å². The third-order valence-electron chi connectivity index (χ3n) is 4.08. The van der Waals surface area contributed by atoms with E-state index < -0.39 is 11.9 Å². The van der Waals surface area contributed by atoms with E-state index in [1.54, 1.807) is 25.3 Å². The molecule has 0 atom stereocenters. The van der Waals surface area contributed by atoms with E-state index in [0.717, 1.165) is 11.3 Å². The number of hydrogen-bond donors (Lipinski definition) is 2. The van der Waals surface area contributed by atoms with Crippen LogP contribution in [0, 0.1) is 6.92 Å². The molecule has 2 N–H and O–H groups in total. The first kappa shape index (κ1) is 20.7. The molecule has 0 aliphatic carbocycles. The first-order valence-corrected chi connectivity index (χ1v) is 10.3. The molecule has 29 heavy (non-hydrogen) atoms. The standard InChI is InChI=1S/C18H18N4O5S2/c1-4-27-18(26)12-9(2)13(14(24)19-3)29-16(12)21-11(23)7-22-8-20-15-10(17(22)25)5-6-28-15/h5-6,8H,4,7H2,1-3H3,(H,19,24)(H,21,23). The van der Waals surface area contributed by atoms with Crippen molar-refractivity contribution in [1.82, 2.24) is 14.9 Å². The van der Waals surface area contributed by atoms with Crippen molar-refractivity contribution in [3.8, 4) is 0 Å². The molecule has 0 aromatic carbocycles. The third-order valence-corrected chi connectivity index (χ3v) is 6.10. The van der Waals surface area contributed by atoms with Crippen LogP contribution in [0.4, 0.5) is 5.00 Å². The van der Waals surface area contributed by atoms with Crippen molar-refractivity contribution in [3.63, 3.8) is 0 Å². The van der Waals surface area contributed by atoms with Gasteiger partial charge in [-0.05, 0) is 30.9 Å². The lowest BCUT2D eigenvalue weighted by atomic mass is 10.1. The largest absolute Gasteiger partial charge is 0.462 e. The Morgan fingerprint density at radius 1 is 1.31 bits per heavy atom. The molecule has 0 bridgehead atoms. The van der Waals surface area contributed by atoms with E-state index in [-0.39, 0.29) is 35.2 Å². The highest BCUT2D eigenvalue weighted by Crippen LogP contribution is 2.33. The Hall–Kier alpha value is -3.05. The van der Waals surface area contributed by atoms with Crippen LogP contribution in [0.25, 0.3) is 10.2 Å². The van der Waals surface area contributed by atoms with Crippen molar-refractivity contribution in [1.29, 1.82) is 0 Å². The quantitative estimate of drug-likeness (QED) is 0.573. The number of ether oxygens (including phenoxy) is 1. The van der Waals surface area contributed by atoms with Gasteiger partial charge in [0.2, 0.25) is 5.91 Å². The van der Waals surface area contributed by atoms with E-state index in [1.807, 2.05) is 0 Å². The summed E-state index contributed by atoms with van der Waals surface area (Å²) >= 11 is 2.31. The van der Waals surface area contributed by atoms with Gasteiger partial charge in [-0.1, -0.05) is 0 Å². The highest BCUT2D eigenvalue weighted by Gasteiger charge is 2.26. The minimum absolute atomic E-state index is 0.127. The molecule has 3 heterocycles. The molecule has 0 aliphatic heterocycles. The Labute approximate surface area is 173 Å². The van der Waals surface area contributed by atoms with Crippen molar-refractivity contribution < 1.29 is 19.1 Å². The molecule has 9 nitrogen and oxygen atoms in total. The minimum Gasteiger partial charge on any atom is -0.462 e. The molecular formula is C18H18N4O5S2. The summed E-state index contributed by atoms with van der Waals surface area (Å²) in [6.07, 6.45) is 1.31. The SMILES string of the molecule is CCOC(=O)c1c(NC(=O)Cn2cnc3sccc3c2=O)sc(C(=O)NC)c1C. The molecule has 3 aromatic heterocycles. The van der Waals surface area contributed by atoms with Crippen LogP contribution in [-0.4, -0.2) is 41.0 Å². The molecule has 0 radical (unpaired) electrons. The van der Waals surface area contributed by atoms with Crippen LogP contribution in [0.1, 0.15) is 32.5 Å². The van der Waals surface area contributed by atoms with Gasteiger partial charge in [-0.2, -0.15) is 0 Å². The fourth-order valence-corrected chi connectivity index (χ4v) is 4.59. The number of nitrogens with zero attached hydrogens (tertiary/aromatic N) is 2. The maximum absolute atomic E-state index is 12.6. The molecule has 11 heteroatoms. The topological polar surface area (TPSA) is 119 Å². The van der Waals surface area contributed by atoms with E-state index in [2.05, 4.69) is 15.6 Å². The summed E-state index contributed by atoms with van der Waals surface area (Å²) in [5.41, 5.74) is 0.217. The molecule has 0 unspecified atom stereocenters. The Kier molecular flexibility index (Phi) is 6.09. The fraction of sp³-hybridized carbons (Fsp3) is 0.278. The lowest BCUT2D eigenvalue weighted by Gasteiger charge is -2.08. The number of fused-ring (bicyclic) bond motifs is 1. The number of esters is 1. The van der Waals surface area contributed by atoms with Gasteiger partial charge in [-0.25, -0.2) is 9.78 Å². The predicted molar refractivity (Wildman–Crippen MR) is 111 cm³/mol. The van der Waals surface area contributed by atoms with E-state index in [4.69, 9.17) is 4.74 Å². The Bertz CT molecular complexity index is 1160. The lowest BCUT2D eigenvalue weighted by molar-refractivity contribution is -0.116. The van der Waals surface area contributed by atoms with Crippen LogP contribution in [0.15, 0.2) is 22.6 Å². The van der Waals surface area contributed by atoms with Crippen LogP contribution < -0.4 is 16.2 Å². The van der Waals surface area contributed by atoms with Crippen LogP contribution in [-0.2, 0) is 16.1 Å². The molecule has 3 rings (SSSR count). The van der Waals surface area contributed by atoms with Gasteiger partial charge in [0.15, 0.2) is 0 Å². The highest BCUT2D eigenvalue weighted by atomic mass is 32.1. The summed E-state index contributed by atoms with van der Waals surface area (Å²) in [7, 11) is 1.48. The molecule has 3 aromatic rings. The maximum atomic E-state index is 12.6. The van der Waals surface area contributed by atoms with Crippen molar-refractivity contribution in [2.45, 2.75) is 20.4 Å². The zero-order valence-corrected chi connectivity index (χ0v) is 17.5. The van der Waals surface area contributed by atoms with Gasteiger partial charge >= 0.3 is 5.97 Å². The summed E-state index contributed by atoms with van der Waals surface area (Å²) < 4.78 is 6.24. The van der Waals surface area contributed by atoms with E-state index in [9.17, 15) is 19.2 Å². The van der Waals surface area contributed by atoms with Crippen LogP contribution in [0.3, 0.4) is 0 Å². The third kappa shape index (κ3) is 4.05. The van der Waals surface area contributed by atoms with Gasteiger partial charge in [0.05, 0.1) is 28.8 Å². The fourth-order valence-electron chi connectivity index (χ4n) is 2.71. The van der Waals surface area contributed by atoms with Crippen molar-refractivity contribution >= 4 is 55.7 Å². The van der Waals surface area contributed by atoms with Gasteiger partial charge < -0.3 is 15.4 Å². The van der Waals surface area contributed by atoms with Crippen LogP contribution >= 0.6 is 22.7 Å². The van der Waals surface area contributed by atoms with Crippen molar-refractivity contribution in [3.05, 3.63) is 44.1 Å². The number of carbonyl (C=O) groups is 3. The first-order valence-electron chi connectivity index (χ1n) is 8.62. The Morgan fingerprint density at radius 3 is 2.76 bits per heavy atom. The second-order valence-corrected chi connectivity index (χ2v) is 7.84. The second kappa shape index (κ2) is 8.53. The smallest absolute Gasteiger partial charge is 0.341 e. The summed E-state index contributed by atoms with van der Waals surface area (Å²) in [4.78, 5) is 54.5. The van der Waals surface area contributed by atoms with Crippen molar-refractivity contribution in [2.24, 2.45) is 0 Å². The molecule has 0 aliphatic rings. The van der Waals surface area contributed by atoms with Gasteiger partial charge in [0, 0.05) is 7.05 Å². The van der Waals surface area contributed by atoms with Gasteiger partial charge in [0.25, 0.3) is 11.5 Å². The summed E-state index contributed by atoms with van der Waals surface area (Å²) in [6.45, 7) is 3.14. The number of aromatic nitrogens is 2. The summed E-state index contributed by atoms with van der Waals surface area (Å²) in [5.74, 6) is -1.54. The number of amides is 2. The van der Waals surface area contributed by atoms with Crippen molar-refractivity contribution in [2.75, 3.05) is 19.0 Å². The Balaban J connectivity index is 1.90. The molecular weight excluding hydrogens is 416 g/mol. The maximum Gasteiger partial charge on any atom is 0.341 e. The zero-order valence-electron chi connectivity index (χ0n) is 15.9. The summed E-state index contributed by atoms with van der Waals surface area (Å²) in [5, 5.41) is 7.51. The molecule has 0 saturated heterocycles. The number of rotatable bonds is 6. The molecule has 2 amide bonds. The number of hydrogen-bond acceptors (Lipinski definition) is 8. The number of anilines is 1. The minimum atomic E-state index is -0.634. The highest BCUT2D eigenvalue weighted by molar-refractivity contribution is 7.18. The van der Waals surface area contributed by atoms with E-state index in [1.165, 1.54) is 29.3 Å². The number of thiophene rings is 2. The van der Waals surface area contributed by atoms with E-state index in [0.29, 0.717) is 20.7 Å². The average Bonchev–Trinajstić information content (AvgIpc) is 3.28. The van der Waals surface area contributed by atoms with Crippen LogP contribution in [0.2, 0.25) is 0 Å². The first-order chi connectivity index (χ1) is 13.9. The predicted octanol–water partition coefficient (Wildman–Crippen LogP) is 2.00. The number of nitrogens with one attached hydrogen (secondary N) is 2. The van der Waals surface area contributed by atoms with Gasteiger partial charge in [0.1, 0.15) is 16.4 Å². The molecule has 152 valence electrons. The normalized spacial score (nSPS) is 10.7. The van der Waals surface area contributed by atoms with Gasteiger partial charge in [-0.15, -0.1) is 22.7 Å². The van der Waals surface area contributed by atoms with Crippen LogP contribution in [0.5, 0.6) is 0 Å². The second-order valence-electron chi connectivity index (χ2n) is 5.93. The monoisotopic (exact) mass is 434 g/mol. The van der Waals surface area contributed by atoms with E-state index >= 15 is 0 Å². The average molecular weight is 434 g/mol. The number of carbonyl (C=O) groups excluding carboxylic acids is 3. The molecule has 0 saturated carbocycles. The summed E-state index contributed by atoms with van der Waals surface area (Å²) in [6, 6.07) is 1.65. The molecule has 0 spiro atoms. The molecule has 0 fully saturated rings.